The van der Waals surface area contributed by atoms with Gasteiger partial charge in [-0.25, -0.2) is 4.79 Å². The number of rotatable bonds is 5. The predicted molar refractivity (Wildman–Crippen MR) is 62.3 cm³/mol. The molecule has 0 radical (unpaired) electrons. The lowest BCUT2D eigenvalue weighted by Crippen LogP contribution is -2.38. The van der Waals surface area contributed by atoms with E-state index in [4.69, 9.17) is 10.2 Å². The van der Waals surface area contributed by atoms with Gasteiger partial charge in [-0.3, -0.25) is 0 Å². The van der Waals surface area contributed by atoms with Crippen LogP contribution in [0.1, 0.15) is 12.0 Å². The van der Waals surface area contributed by atoms with Crippen LogP contribution in [0.15, 0.2) is 30.3 Å². The Bertz CT molecular complexity index is 340. The van der Waals surface area contributed by atoms with E-state index in [0.717, 1.165) is 5.56 Å². The van der Waals surface area contributed by atoms with Crippen LogP contribution in [0.3, 0.4) is 0 Å². The Morgan fingerprint density at radius 3 is 2.53 bits per heavy atom. The number of aliphatic hydroxyl groups is 2. The fourth-order valence-corrected chi connectivity index (χ4v) is 1.57. The monoisotopic (exact) mass is 239 g/mol. The third kappa shape index (κ3) is 5.33. The third-order valence-corrected chi connectivity index (χ3v) is 2.33. The first kappa shape index (κ1) is 13.5. The fourth-order valence-electron chi connectivity index (χ4n) is 1.57. The Labute approximate surface area is 100 Å². The zero-order valence-corrected chi connectivity index (χ0v) is 9.67. The standard InChI is InChI=1S/C12H17NO4/c1-17-12(16)13-10(8-11(14)15)7-9-5-3-2-4-6-9/h2-6,10-11,14-15H,7-8H2,1H3,(H,13,16). The summed E-state index contributed by atoms with van der Waals surface area (Å²) in [6.07, 6.45) is -1.45. The molecule has 0 aliphatic rings. The maximum Gasteiger partial charge on any atom is 0.407 e. The fraction of sp³-hybridized carbons (Fsp3) is 0.417. The summed E-state index contributed by atoms with van der Waals surface area (Å²) in [5.41, 5.74) is 1.01. The second kappa shape index (κ2) is 6.88. The number of carbonyl (C=O) groups is 1. The van der Waals surface area contributed by atoms with Crippen LogP contribution in [0, 0.1) is 0 Å². The summed E-state index contributed by atoms with van der Waals surface area (Å²) in [5, 5.41) is 20.5. The van der Waals surface area contributed by atoms with E-state index < -0.39 is 12.4 Å². The number of alkyl carbamates (subject to hydrolysis) is 1. The van der Waals surface area contributed by atoms with Crippen molar-refractivity contribution in [3.63, 3.8) is 0 Å². The van der Waals surface area contributed by atoms with Gasteiger partial charge in [0.25, 0.3) is 0 Å². The van der Waals surface area contributed by atoms with Crippen molar-refractivity contribution in [3.8, 4) is 0 Å². The van der Waals surface area contributed by atoms with Crippen molar-refractivity contribution in [2.75, 3.05) is 7.11 Å². The largest absolute Gasteiger partial charge is 0.453 e. The van der Waals surface area contributed by atoms with Gasteiger partial charge < -0.3 is 20.3 Å². The van der Waals surface area contributed by atoms with E-state index in [1.54, 1.807) is 0 Å². The normalized spacial score (nSPS) is 12.2. The molecule has 0 fully saturated rings. The van der Waals surface area contributed by atoms with Crippen molar-refractivity contribution in [2.45, 2.75) is 25.2 Å². The number of ether oxygens (including phenoxy) is 1. The molecule has 0 aliphatic carbocycles. The second-order valence-electron chi connectivity index (χ2n) is 3.74. The molecule has 0 bridgehead atoms. The van der Waals surface area contributed by atoms with Gasteiger partial charge in [0.1, 0.15) is 0 Å². The summed E-state index contributed by atoms with van der Waals surface area (Å²) in [4.78, 5) is 11.1. The Hall–Kier alpha value is -1.59. The topological polar surface area (TPSA) is 78.8 Å². The lowest BCUT2D eigenvalue weighted by Gasteiger charge is -2.18. The Morgan fingerprint density at radius 1 is 1.35 bits per heavy atom. The molecular formula is C12H17NO4. The molecule has 1 aromatic rings. The van der Waals surface area contributed by atoms with Crippen molar-refractivity contribution >= 4 is 6.09 Å². The first-order chi connectivity index (χ1) is 8.11. The number of nitrogens with one attached hydrogen (secondary N) is 1. The van der Waals surface area contributed by atoms with Gasteiger partial charge in [0.15, 0.2) is 6.29 Å². The van der Waals surface area contributed by atoms with Crippen LogP contribution in [-0.2, 0) is 11.2 Å². The van der Waals surface area contributed by atoms with Gasteiger partial charge in [0, 0.05) is 12.5 Å². The Kier molecular flexibility index (Phi) is 5.45. The van der Waals surface area contributed by atoms with Gasteiger partial charge in [0.2, 0.25) is 0 Å². The zero-order valence-electron chi connectivity index (χ0n) is 9.67. The van der Waals surface area contributed by atoms with E-state index in [1.165, 1.54) is 7.11 Å². The minimum atomic E-state index is -1.46. The van der Waals surface area contributed by atoms with Crippen LogP contribution in [0.25, 0.3) is 0 Å². The van der Waals surface area contributed by atoms with Crippen LogP contribution >= 0.6 is 0 Å². The van der Waals surface area contributed by atoms with Gasteiger partial charge >= 0.3 is 6.09 Å². The quantitative estimate of drug-likeness (QED) is 0.659. The number of methoxy groups -OCH3 is 1. The van der Waals surface area contributed by atoms with E-state index in [9.17, 15) is 4.79 Å². The van der Waals surface area contributed by atoms with E-state index in [0.29, 0.717) is 6.42 Å². The van der Waals surface area contributed by atoms with Gasteiger partial charge in [0.05, 0.1) is 7.11 Å². The molecule has 1 aromatic carbocycles. The highest BCUT2D eigenvalue weighted by Crippen LogP contribution is 2.07. The molecule has 0 spiro atoms. The average molecular weight is 239 g/mol. The number of aliphatic hydroxyl groups excluding tert-OH is 1. The molecule has 5 nitrogen and oxygen atoms in total. The first-order valence-corrected chi connectivity index (χ1v) is 5.36. The van der Waals surface area contributed by atoms with Gasteiger partial charge in [-0.15, -0.1) is 0 Å². The average Bonchev–Trinajstić information content (AvgIpc) is 2.29. The number of amides is 1. The van der Waals surface area contributed by atoms with Gasteiger partial charge in [-0.2, -0.15) is 0 Å². The summed E-state index contributed by atoms with van der Waals surface area (Å²) < 4.78 is 4.49. The molecule has 17 heavy (non-hydrogen) atoms. The highest BCUT2D eigenvalue weighted by molar-refractivity contribution is 5.67. The smallest absolute Gasteiger partial charge is 0.407 e. The number of hydrogen-bond acceptors (Lipinski definition) is 4. The zero-order chi connectivity index (χ0) is 12.7. The van der Waals surface area contributed by atoms with Crippen LogP contribution in [-0.4, -0.2) is 35.7 Å². The van der Waals surface area contributed by atoms with Crippen LogP contribution in [0.2, 0.25) is 0 Å². The number of benzene rings is 1. The molecule has 1 amide bonds. The summed E-state index contributed by atoms with van der Waals surface area (Å²) >= 11 is 0. The molecule has 3 N–H and O–H groups in total. The van der Waals surface area contributed by atoms with E-state index >= 15 is 0 Å². The molecule has 0 aliphatic heterocycles. The molecule has 94 valence electrons. The van der Waals surface area contributed by atoms with Gasteiger partial charge in [-0.05, 0) is 12.0 Å². The highest BCUT2D eigenvalue weighted by Gasteiger charge is 2.16. The molecule has 0 aromatic heterocycles. The maximum absolute atomic E-state index is 11.1. The minimum Gasteiger partial charge on any atom is -0.453 e. The van der Waals surface area contributed by atoms with Crippen molar-refractivity contribution in [1.29, 1.82) is 0 Å². The summed E-state index contributed by atoms with van der Waals surface area (Å²) in [7, 11) is 1.27. The Balaban J connectivity index is 2.60. The molecule has 1 atom stereocenters. The molecule has 1 rings (SSSR count). The SMILES string of the molecule is COC(=O)NC(Cc1ccccc1)CC(O)O. The lowest BCUT2D eigenvalue weighted by atomic mass is 10.0. The third-order valence-electron chi connectivity index (χ3n) is 2.33. The summed E-state index contributed by atoms with van der Waals surface area (Å²) in [6, 6.07) is 9.13. The number of hydrogen-bond donors (Lipinski definition) is 3. The van der Waals surface area contributed by atoms with Crippen molar-refractivity contribution in [3.05, 3.63) is 35.9 Å². The summed E-state index contributed by atoms with van der Waals surface area (Å²) in [6.45, 7) is 0. The lowest BCUT2D eigenvalue weighted by molar-refractivity contribution is -0.0510. The van der Waals surface area contributed by atoms with Crippen LogP contribution < -0.4 is 5.32 Å². The Morgan fingerprint density at radius 2 is 2.00 bits per heavy atom. The van der Waals surface area contributed by atoms with Crippen LogP contribution in [0.4, 0.5) is 4.79 Å². The molecule has 0 heterocycles. The molecule has 0 saturated heterocycles. The molecular weight excluding hydrogens is 222 g/mol. The van der Waals surface area contributed by atoms with Crippen molar-refractivity contribution in [2.24, 2.45) is 0 Å². The molecule has 0 saturated carbocycles. The van der Waals surface area contributed by atoms with E-state index in [2.05, 4.69) is 10.1 Å². The molecule has 1 unspecified atom stereocenters. The second-order valence-corrected chi connectivity index (χ2v) is 3.74. The van der Waals surface area contributed by atoms with Crippen LogP contribution in [0.5, 0.6) is 0 Å². The number of carbonyl (C=O) groups excluding carboxylic acids is 1. The van der Waals surface area contributed by atoms with Crippen molar-refractivity contribution < 1.29 is 19.7 Å². The van der Waals surface area contributed by atoms with E-state index in [1.807, 2.05) is 30.3 Å². The predicted octanol–water partition coefficient (Wildman–Crippen LogP) is 0.654. The minimum absolute atomic E-state index is 0.0595. The summed E-state index contributed by atoms with van der Waals surface area (Å²) in [5.74, 6) is 0. The maximum atomic E-state index is 11.1. The highest BCUT2D eigenvalue weighted by atomic mass is 16.5. The van der Waals surface area contributed by atoms with Crippen molar-refractivity contribution in [1.82, 2.24) is 5.32 Å². The van der Waals surface area contributed by atoms with Gasteiger partial charge in [-0.1, -0.05) is 30.3 Å². The molecule has 5 heteroatoms. The first-order valence-electron chi connectivity index (χ1n) is 5.36. The van der Waals surface area contributed by atoms with E-state index in [-0.39, 0.29) is 12.5 Å².